The molecule has 158 valence electrons. The quantitative estimate of drug-likeness (QED) is 0.633. The first-order chi connectivity index (χ1) is 14.5. The number of nitrogens with zero attached hydrogens (tertiary/aromatic N) is 3. The number of hydrogen-bond donors (Lipinski definition) is 2. The van der Waals surface area contributed by atoms with Crippen LogP contribution in [0.2, 0.25) is 0 Å². The number of carbonyl (C=O) groups excluding carboxylic acids is 1. The fraction of sp³-hybridized carbons (Fsp3) is 0.429. The standard InChI is InChI=1S/C21H23F2N5O2/c1-12-24-10-18(30-12)14-2-3-15-9-26-21(27-17(15)8-14)28-20(29)13-4-6-16(7-5-13)25-11-19(22)23/h2-3,8-10,13,16,19,25H,4-7,11H2,1H3,(H,26,27,28,29). The number of rotatable bonds is 6. The van der Waals surface area contributed by atoms with Crippen molar-refractivity contribution >= 4 is 22.8 Å². The first kappa shape index (κ1) is 20.3. The predicted octanol–water partition coefficient (Wildman–Crippen LogP) is 3.95. The number of halogens is 2. The third-order valence-corrected chi connectivity index (χ3v) is 5.38. The van der Waals surface area contributed by atoms with E-state index in [1.54, 1.807) is 19.3 Å². The number of hydrogen-bond acceptors (Lipinski definition) is 6. The van der Waals surface area contributed by atoms with Crippen LogP contribution in [0.3, 0.4) is 0 Å². The van der Waals surface area contributed by atoms with Gasteiger partial charge in [0.15, 0.2) is 11.7 Å². The van der Waals surface area contributed by atoms with Gasteiger partial charge in [-0.2, -0.15) is 0 Å². The molecular weight excluding hydrogens is 392 g/mol. The van der Waals surface area contributed by atoms with Crippen molar-refractivity contribution in [3.8, 4) is 11.3 Å². The minimum atomic E-state index is -2.36. The van der Waals surface area contributed by atoms with E-state index >= 15 is 0 Å². The molecule has 1 aliphatic rings. The van der Waals surface area contributed by atoms with Crippen molar-refractivity contribution in [2.75, 3.05) is 11.9 Å². The van der Waals surface area contributed by atoms with Crippen LogP contribution in [0.25, 0.3) is 22.2 Å². The molecule has 0 spiro atoms. The zero-order valence-electron chi connectivity index (χ0n) is 16.6. The third-order valence-electron chi connectivity index (χ3n) is 5.38. The summed E-state index contributed by atoms with van der Waals surface area (Å²) < 4.78 is 30.2. The Kier molecular flexibility index (Phi) is 5.98. The van der Waals surface area contributed by atoms with Gasteiger partial charge in [-0.15, -0.1) is 0 Å². The van der Waals surface area contributed by atoms with Crippen LogP contribution in [0.15, 0.2) is 35.0 Å². The van der Waals surface area contributed by atoms with Crippen molar-refractivity contribution in [2.24, 2.45) is 5.92 Å². The van der Waals surface area contributed by atoms with Gasteiger partial charge in [-0.25, -0.2) is 23.7 Å². The van der Waals surface area contributed by atoms with Crippen LogP contribution in [0.5, 0.6) is 0 Å². The molecule has 1 saturated carbocycles. The first-order valence-electron chi connectivity index (χ1n) is 10.00. The van der Waals surface area contributed by atoms with Gasteiger partial charge in [0.1, 0.15) is 0 Å². The van der Waals surface area contributed by atoms with E-state index in [1.807, 2.05) is 18.2 Å². The third kappa shape index (κ3) is 4.79. The lowest BCUT2D eigenvalue weighted by molar-refractivity contribution is -0.120. The average molecular weight is 415 g/mol. The minimum Gasteiger partial charge on any atom is -0.441 e. The molecule has 1 aliphatic carbocycles. The van der Waals surface area contributed by atoms with E-state index in [2.05, 4.69) is 25.6 Å². The molecule has 0 unspecified atom stereocenters. The van der Waals surface area contributed by atoms with Crippen molar-refractivity contribution in [1.29, 1.82) is 0 Å². The number of amides is 1. The molecule has 9 heteroatoms. The molecule has 1 aromatic carbocycles. The zero-order chi connectivity index (χ0) is 21.1. The largest absolute Gasteiger partial charge is 0.441 e. The van der Waals surface area contributed by atoms with Gasteiger partial charge in [-0.05, 0) is 31.7 Å². The summed E-state index contributed by atoms with van der Waals surface area (Å²) in [5, 5.41) is 6.49. The second-order valence-corrected chi connectivity index (χ2v) is 7.55. The van der Waals surface area contributed by atoms with Crippen LogP contribution in [0.1, 0.15) is 31.6 Å². The Balaban J connectivity index is 1.40. The Morgan fingerprint density at radius 3 is 2.70 bits per heavy atom. The summed E-state index contributed by atoms with van der Waals surface area (Å²) in [6.07, 6.45) is 3.66. The van der Waals surface area contributed by atoms with Crippen LogP contribution < -0.4 is 10.6 Å². The van der Waals surface area contributed by atoms with Crippen molar-refractivity contribution < 1.29 is 18.0 Å². The van der Waals surface area contributed by atoms with Crippen LogP contribution in [-0.2, 0) is 4.79 Å². The lowest BCUT2D eigenvalue weighted by atomic mass is 9.85. The fourth-order valence-corrected chi connectivity index (χ4v) is 3.76. The van der Waals surface area contributed by atoms with Crippen molar-refractivity contribution in [3.63, 3.8) is 0 Å². The number of oxazole rings is 1. The van der Waals surface area contributed by atoms with Crippen molar-refractivity contribution in [1.82, 2.24) is 20.3 Å². The molecule has 2 N–H and O–H groups in total. The van der Waals surface area contributed by atoms with E-state index in [0.717, 1.165) is 10.9 Å². The Morgan fingerprint density at radius 1 is 1.20 bits per heavy atom. The minimum absolute atomic E-state index is 0.0399. The van der Waals surface area contributed by atoms with Crippen LogP contribution >= 0.6 is 0 Å². The highest BCUT2D eigenvalue weighted by Gasteiger charge is 2.27. The van der Waals surface area contributed by atoms with Gasteiger partial charge in [0.25, 0.3) is 6.43 Å². The Bertz CT molecular complexity index is 1030. The first-order valence-corrected chi connectivity index (χ1v) is 10.00. The second-order valence-electron chi connectivity index (χ2n) is 7.55. The van der Waals surface area contributed by atoms with E-state index in [-0.39, 0.29) is 30.4 Å². The molecule has 0 bridgehead atoms. The highest BCUT2D eigenvalue weighted by Crippen LogP contribution is 2.27. The SMILES string of the molecule is Cc1ncc(-c2ccc3cnc(NC(=O)C4CCC(NCC(F)F)CC4)nc3c2)o1. The van der Waals surface area contributed by atoms with Gasteiger partial charge in [0.05, 0.1) is 18.3 Å². The number of aryl methyl sites for hydroxylation is 1. The number of carbonyl (C=O) groups is 1. The highest BCUT2D eigenvalue weighted by atomic mass is 19.3. The van der Waals surface area contributed by atoms with E-state index in [4.69, 9.17) is 4.42 Å². The summed E-state index contributed by atoms with van der Waals surface area (Å²) in [6, 6.07) is 5.71. The monoisotopic (exact) mass is 415 g/mol. The van der Waals surface area contributed by atoms with E-state index in [0.29, 0.717) is 42.9 Å². The number of fused-ring (bicyclic) bond motifs is 1. The molecule has 30 heavy (non-hydrogen) atoms. The summed E-state index contributed by atoms with van der Waals surface area (Å²) in [7, 11) is 0. The number of aromatic nitrogens is 3. The maximum Gasteiger partial charge on any atom is 0.250 e. The number of benzene rings is 1. The molecular formula is C21H23F2N5O2. The molecule has 0 aliphatic heterocycles. The van der Waals surface area contributed by atoms with Crippen molar-refractivity contribution in [3.05, 3.63) is 36.5 Å². The van der Waals surface area contributed by atoms with Crippen molar-refractivity contribution in [2.45, 2.75) is 45.1 Å². The van der Waals surface area contributed by atoms with Crippen LogP contribution in [0.4, 0.5) is 14.7 Å². The number of nitrogens with one attached hydrogen (secondary N) is 2. The maximum absolute atomic E-state index is 12.6. The molecule has 1 amide bonds. The molecule has 7 nitrogen and oxygen atoms in total. The molecule has 2 heterocycles. The Labute approximate surface area is 172 Å². The van der Waals surface area contributed by atoms with Gasteiger partial charge in [0.2, 0.25) is 11.9 Å². The molecule has 2 aromatic heterocycles. The fourth-order valence-electron chi connectivity index (χ4n) is 3.76. The summed E-state index contributed by atoms with van der Waals surface area (Å²) in [4.78, 5) is 25.4. The van der Waals surface area contributed by atoms with Crippen LogP contribution in [-0.4, -0.2) is 39.9 Å². The molecule has 0 saturated heterocycles. The lowest BCUT2D eigenvalue weighted by Gasteiger charge is -2.28. The lowest BCUT2D eigenvalue weighted by Crippen LogP contribution is -2.38. The smallest absolute Gasteiger partial charge is 0.250 e. The summed E-state index contributed by atoms with van der Waals surface area (Å²) in [6.45, 7) is 1.48. The molecule has 0 radical (unpaired) electrons. The van der Waals surface area contributed by atoms with E-state index < -0.39 is 6.43 Å². The Hall–Kier alpha value is -2.94. The summed E-state index contributed by atoms with van der Waals surface area (Å²) in [5.74, 6) is 1.17. The summed E-state index contributed by atoms with van der Waals surface area (Å²) >= 11 is 0. The summed E-state index contributed by atoms with van der Waals surface area (Å²) in [5.41, 5.74) is 1.53. The van der Waals surface area contributed by atoms with Gasteiger partial charge >= 0.3 is 0 Å². The van der Waals surface area contributed by atoms with Crippen LogP contribution in [0, 0.1) is 12.8 Å². The van der Waals surface area contributed by atoms with Gasteiger partial charge in [-0.1, -0.05) is 12.1 Å². The molecule has 3 aromatic rings. The molecule has 1 fully saturated rings. The topological polar surface area (TPSA) is 92.9 Å². The van der Waals surface area contributed by atoms with Gasteiger partial charge in [-0.3, -0.25) is 10.1 Å². The molecule has 4 rings (SSSR count). The Morgan fingerprint density at radius 2 is 2.00 bits per heavy atom. The van der Waals surface area contributed by atoms with Gasteiger partial charge in [0, 0.05) is 36.0 Å². The second kappa shape index (κ2) is 8.83. The highest BCUT2D eigenvalue weighted by molar-refractivity contribution is 5.92. The van der Waals surface area contributed by atoms with E-state index in [9.17, 15) is 13.6 Å². The number of alkyl halides is 2. The predicted molar refractivity (Wildman–Crippen MR) is 108 cm³/mol. The normalized spacial score (nSPS) is 19.3. The maximum atomic E-state index is 12.6. The molecule has 0 atom stereocenters. The van der Waals surface area contributed by atoms with Gasteiger partial charge < -0.3 is 9.73 Å². The average Bonchev–Trinajstić information content (AvgIpc) is 3.18. The number of anilines is 1. The zero-order valence-corrected chi connectivity index (χ0v) is 16.6. The van der Waals surface area contributed by atoms with E-state index in [1.165, 1.54) is 0 Å².